The van der Waals surface area contributed by atoms with E-state index in [1.165, 1.54) is 0 Å². The van der Waals surface area contributed by atoms with Crippen molar-refractivity contribution >= 4 is 27.3 Å². The molecule has 7 heteroatoms. The fraction of sp³-hybridized carbons (Fsp3) is 0.538. The van der Waals surface area contributed by atoms with Crippen LogP contribution in [-0.4, -0.2) is 45.4 Å². The third-order valence-corrected chi connectivity index (χ3v) is 4.54. The molecule has 0 aliphatic carbocycles. The first-order valence-corrected chi connectivity index (χ1v) is 8.09. The van der Waals surface area contributed by atoms with Crippen LogP contribution in [0.1, 0.15) is 22.5 Å². The van der Waals surface area contributed by atoms with Crippen LogP contribution in [0.5, 0.6) is 0 Å². The van der Waals surface area contributed by atoms with Crippen LogP contribution in [0.15, 0.2) is 16.0 Å². The molecule has 0 aliphatic rings. The lowest BCUT2D eigenvalue weighted by atomic mass is 10.2. The zero-order valence-corrected chi connectivity index (χ0v) is 14.3. The number of aliphatic hydroxyl groups excluding tert-OH is 1. The molecule has 0 aliphatic heterocycles. The average Bonchev–Trinajstić information content (AvgIpc) is 2.93. The summed E-state index contributed by atoms with van der Waals surface area (Å²) < 4.78 is 2.70. The number of halogens is 1. The minimum absolute atomic E-state index is 0.519. The maximum Gasteiger partial charge on any atom is 0.103 e. The van der Waals surface area contributed by atoms with Crippen LogP contribution in [0.2, 0.25) is 0 Å². The summed E-state index contributed by atoms with van der Waals surface area (Å²) in [4.78, 5) is 6.49. The third kappa shape index (κ3) is 3.88. The number of thiazole rings is 1. The summed E-state index contributed by atoms with van der Waals surface area (Å²) in [6.45, 7) is 3.59. The lowest BCUT2D eigenvalue weighted by Crippen LogP contribution is -2.21. The standard InChI is InChI=1S/C13H19BrN4OS/c1-9-8-20-12(16-9)6-11(19)13-10(14)7-15-18(13)5-4-17(2)3/h7-8,11,19H,4-6H2,1-3H3. The number of hydrogen-bond donors (Lipinski definition) is 1. The Morgan fingerprint density at radius 2 is 2.25 bits per heavy atom. The van der Waals surface area contributed by atoms with E-state index in [2.05, 4.69) is 30.9 Å². The van der Waals surface area contributed by atoms with E-state index >= 15 is 0 Å². The normalized spacial score (nSPS) is 13.1. The number of aliphatic hydroxyl groups is 1. The monoisotopic (exact) mass is 358 g/mol. The van der Waals surface area contributed by atoms with Crippen LogP contribution in [0, 0.1) is 6.92 Å². The summed E-state index contributed by atoms with van der Waals surface area (Å²) in [7, 11) is 4.04. The van der Waals surface area contributed by atoms with Crippen molar-refractivity contribution in [1.82, 2.24) is 19.7 Å². The van der Waals surface area contributed by atoms with Crippen molar-refractivity contribution in [3.05, 3.63) is 32.4 Å². The Bertz CT molecular complexity index is 566. The Hall–Kier alpha value is -0.760. The quantitative estimate of drug-likeness (QED) is 0.860. The van der Waals surface area contributed by atoms with Gasteiger partial charge in [0.25, 0.3) is 0 Å². The molecule has 2 aromatic rings. The molecule has 2 heterocycles. The van der Waals surface area contributed by atoms with E-state index < -0.39 is 6.10 Å². The molecule has 0 saturated heterocycles. The topological polar surface area (TPSA) is 54.2 Å². The molecule has 2 rings (SSSR count). The molecule has 1 N–H and O–H groups in total. The molecule has 2 aromatic heterocycles. The Balaban J connectivity index is 2.12. The predicted octanol–water partition coefficient (Wildman–Crippen LogP) is 2.25. The highest BCUT2D eigenvalue weighted by molar-refractivity contribution is 9.10. The number of aryl methyl sites for hydroxylation is 1. The van der Waals surface area contributed by atoms with Crippen LogP contribution in [0.4, 0.5) is 0 Å². The molecule has 110 valence electrons. The van der Waals surface area contributed by atoms with E-state index in [1.54, 1.807) is 17.5 Å². The van der Waals surface area contributed by atoms with Gasteiger partial charge in [-0.2, -0.15) is 5.10 Å². The highest BCUT2D eigenvalue weighted by atomic mass is 79.9. The number of rotatable bonds is 6. The van der Waals surface area contributed by atoms with Gasteiger partial charge in [-0.25, -0.2) is 4.98 Å². The van der Waals surface area contributed by atoms with Crippen LogP contribution < -0.4 is 0 Å². The summed E-state index contributed by atoms with van der Waals surface area (Å²) >= 11 is 5.05. The molecule has 0 amide bonds. The minimum Gasteiger partial charge on any atom is -0.386 e. The number of hydrogen-bond acceptors (Lipinski definition) is 5. The summed E-state index contributed by atoms with van der Waals surface area (Å²) in [5.41, 5.74) is 1.82. The zero-order valence-electron chi connectivity index (χ0n) is 11.9. The second-order valence-corrected chi connectivity index (χ2v) is 6.80. The molecule has 0 aromatic carbocycles. The van der Waals surface area contributed by atoms with Gasteiger partial charge in [-0.05, 0) is 36.9 Å². The van der Waals surface area contributed by atoms with Gasteiger partial charge in [0, 0.05) is 24.0 Å². The van der Waals surface area contributed by atoms with Crippen molar-refractivity contribution in [2.45, 2.75) is 26.0 Å². The first-order chi connectivity index (χ1) is 9.47. The molecular formula is C13H19BrN4OS. The number of likely N-dealkylation sites (N-methyl/N-ethyl adjacent to an activating group) is 1. The fourth-order valence-electron chi connectivity index (χ4n) is 1.93. The SMILES string of the molecule is Cc1csc(CC(O)c2c(Br)cnn2CCN(C)C)n1. The first kappa shape index (κ1) is 15.6. The maximum atomic E-state index is 10.5. The molecular weight excluding hydrogens is 340 g/mol. The van der Waals surface area contributed by atoms with Gasteiger partial charge >= 0.3 is 0 Å². The molecule has 1 unspecified atom stereocenters. The van der Waals surface area contributed by atoms with Crippen molar-refractivity contribution in [1.29, 1.82) is 0 Å². The number of aromatic nitrogens is 3. The van der Waals surface area contributed by atoms with Crippen LogP contribution in [-0.2, 0) is 13.0 Å². The van der Waals surface area contributed by atoms with Crippen molar-refractivity contribution in [3.8, 4) is 0 Å². The molecule has 0 saturated carbocycles. The second-order valence-electron chi connectivity index (χ2n) is 5.01. The van der Waals surface area contributed by atoms with Gasteiger partial charge in [0.2, 0.25) is 0 Å². The van der Waals surface area contributed by atoms with Crippen LogP contribution >= 0.6 is 27.3 Å². The molecule has 0 fully saturated rings. The first-order valence-electron chi connectivity index (χ1n) is 6.42. The summed E-state index contributed by atoms with van der Waals surface area (Å²) in [6, 6.07) is 0. The maximum absolute atomic E-state index is 10.5. The minimum atomic E-state index is -0.598. The summed E-state index contributed by atoms with van der Waals surface area (Å²) in [5, 5.41) is 17.7. The predicted molar refractivity (Wildman–Crippen MR) is 84.0 cm³/mol. The van der Waals surface area contributed by atoms with Gasteiger partial charge in [-0.1, -0.05) is 0 Å². The summed E-state index contributed by atoms with van der Waals surface area (Å²) in [6.07, 6.45) is 1.66. The van der Waals surface area contributed by atoms with E-state index in [0.717, 1.165) is 34.0 Å². The second kappa shape index (κ2) is 6.80. The van der Waals surface area contributed by atoms with Crippen molar-refractivity contribution in [2.75, 3.05) is 20.6 Å². The third-order valence-electron chi connectivity index (χ3n) is 2.94. The highest BCUT2D eigenvalue weighted by Crippen LogP contribution is 2.27. The van der Waals surface area contributed by atoms with E-state index in [1.807, 2.05) is 31.1 Å². The average molecular weight is 359 g/mol. The molecule has 0 radical (unpaired) electrons. The van der Waals surface area contributed by atoms with Gasteiger partial charge in [-0.15, -0.1) is 11.3 Å². The fourth-order valence-corrected chi connectivity index (χ4v) is 3.31. The van der Waals surface area contributed by atoms with Gasteiger partial charge < -0.3 is 10.0 Å². The largest absolute Gasteiger partial charge is 0.386 e. The van der Waals surface area contributed by atoms with E-state index in [4.69, 9.17) is 0 Å². The lowest BCUT2D eigenvalue weighted by Gasteiger charge is -2.15. The lowest BCUT2D eigenvalue weighted by molar-refractivity contribution is 0.164. The van der Waals surface area contributed by atoms with Gasteiger partial charge in [0.1, 0.15) is 6.10 Å². The summed E-state index contributed by atoms with van der Waals surface area (Å²) in [5.74, 6) is 0. The zero-order chi connectivity index (χ0) is 14.7. The van der Waals surface area contributed by atoms with E-state index in [9.17, 15) is 5.11 Å². The molecule has 0 spiro atoms. The Labute approximate surface area is 131 Å². The highest BCUT2D eigenvalue weighted by Gasteiger charge is 2.19. The Kier molecular flexibility index (Phi) is 5.31. The van der Waals surface area contributed by atoms with Crippen LogP contribution in [0.25, 0.3) is 0 Å². The van der Waals surface area contributed by atoms with Crippen molar-refractivity contribution in [3.63, 3.8) is 0 Å². The Morgan fingerprint density at radius 3 is 2.85 bits per heavy atom. The molecule has 1 atom stereocenters. The molecule has 5 nitrogen and oxygen atoms in total. The van der Waals surface area contributed by atoms with E-state index in [0.29, 0.717) is 6.42 Å². The van der Waals surface area contributed by atoms with Gasteiger partial charge in [0.05, 0.1) is 27.9 Å². The van der Waals surface area contributed by atoms with Gasteiger partial charge in [-0.3, -0.25) is 4.68 Å². The van der Waals surface area contributed by atoms with Gasteiger partial charge in [0.15, 0.2) is 0 Å². The Morgan fingerprint density at radius 1 is 1.50 bits per heavy atom. The van der Waals surface area contributed by atoms with Crippen LogP contribution in [0.3, 0.4) is 0 Å². The van der Waals surface area contributed by atoms with Crippen molar-refractivity contribution in [2.24, 2.45) is 0 Å². The van der Waals surface area contributed by atoms with E-state index in [-0.39, 0.29) is 0 Å². The number of nitrogens with zero attached hydrogens (tertiary/aromatic N) is 4. The molecule has 20 heavy (non-hydrogen) atoms. The van der Waals surface area contributed by atoms with Crippen molar-refractivity contribution < 1.29 is 5.11 Å². The molecule has 0 bridgehead atoms. The smallest absolute Gasteiger partial charge is 0.103 e.